The number of aryl methyl sites for hydroxylation is 1. The summed E-state index contributed by atoms with van der Waals surface area (Å²) in [5.41, 5.74) is 6.04. The number of piperidine rings is 1. The highest BCUT2D eigenvalue weighted by atomic mass is 16.5. The zero-order valence-corrected chi connectivity index (χ0v) is 18.7. The molecule has 8 heteroatoms. The molecule has 1 N–H and O–H groups in total. The molecule has 1 fully saturated rings. The van der Waals surface area contributed by atoms with Crippen molar-refractivity contribution in [1.29, 1.82) is 5.26 Å². The summed E-state index contributed by atoms with van der Waals surface area (Å²) in [4.78, 5) is 23.1. The lowest BCUT2D eigenvalue weighted by molar-refractivity contribution is 0.0532. The molecular formula is C25H25N5O3. The fourth-order valence-corrected chi connectivity index (χ4v) is 4.82. The van der Waals surface area contributed by atoms with Gasteiger partial charge in [-0.1, -0.05) is 6.07 Å². The van der Waals surface area contributed by atoms with Crippen LogP contribution in [0.1, 0.15) is 56.2 Å². The molecule has 0 saturated carbocycles. The van der Waals surface area contributed by atoms with Crippen molar-refractivity contribution in [2.24, 2.45) is 0 Å². The Balaban J connectivity index is 1.33. The molecule has 2 aromatic heterocycles. The third kappa shape index (κ3) is 3.90. The monoisotopic (exact) mass is 443 g/mol. The maximum atomic E-state index is 11.9. The van der Waals surface area contributed by atoms with Crippen LogP contribution in [0.15, 0.2) is 36.9 Å². The first kappa shape index (κ1) is 21.3. The molecule has 0 amide bonds. The van der Waals surface area contributed by atoms with Crippen LogP contribution in [0.2, 0.25) is 0 Å². The average molecular weight is 444 g/mol. The number of aromatic nitrogens is 3. The van der Waals surface area contributed by atoms with Gasteiger partial charge in [0.15, 0.2) is 0 Å². The van der Waals surface area contributed by atoms with E-state index in [9.17, 15) is 9.90 Å². The maximum Gasteiger partial charge on any atom is 0.338 e. The molecule has 3 aromatic rings. The molecule has 4 heterocycles. The number of carbonyl (C=O) groups excluding carboxylic acids is 1. The smallest absolute Gasteiger partial charge is 0.338 e. The van der Waals surface area contributed by atoms with Gasteiger partial charge in [0, 0.05) is 43.5 Å². The average Bonchev–Trinajstić information content (AvgIpc) is 3.43. The molecule has 1 saturated heterocycles. The van der Waals surface area contributed by atoms with E-state index in [2.05, 4.69) is 20.9 Å². The lowest BCUT2D eigenvalue weighted by atomic mass is 9.83. The highest BCUT2D eigenvalue weighted by Gasteiger charge is 2.33. The number of pyridine rings is 1. The Morgan fingerprint density at radius 3 is 2.94 bits per heavy atom. The molecule has 0 radical (unpaired) electrons. The fourth-order valence-electron chi connectivity index (χ4n) is 4.82. The lowest BCUT2D eigenvalue weighted by Crippen LogP contribution is -2.41. The molecule has 1 aromatic carbocycles. The number of benzene rings is 1. The summed E-state index contributed by atoms with van der Waals surface area (Å²) in [6.45, 7) is 6.36. The predicted molar refractivity (Wildman–Crippen MR) is 120 cm³/mol. The van der Waals surface area contributed by atoms with Gasteiger partial charge in [-0.05, 0) is 49.1 Å². The van der Waals surface area contributed by atoms with E-state index in [1.807, 2.05) is 42.8 Å². The summed E-state index contributed by atoms with van der Waals surface area (Å²) in [6, 6.07) is 7.80. The quantitative estimate of drug-likeness (QED) is 0.618. The van der Waals surface area contributed by atoms with E-state index in [1.165, 1.54) is 0 Å². The summed E-state index contributed by atoms with van der Waals surface area (Å²) in [5, 5.41) is 19.9. The Morgan fingerprint density at radius 2 is 2.15 bits per heavy atom. The number of rotatable bonds is 4. The van der Waals surface area contributed by atoms with Crippen LogP contribution in [0.3, 0.4) is 0 Å². The number of imidazole rings is 1. The highest BCUT2D eigenvalue weighted by Crippen LogP contribution is 2.34. The summed E-state index contributed by atoms with van der Waals surface area (Å²) in [6.07, 6.45) is 5.52. The van der Waals surface area contributed by atoms with Crippen LogP contribution in [-0.4, -0.2) is 49.7 Å². The van der Waals surface area contributed by atoms with Gasteiger partial charge in [0.2, 0.25) is 0 Å². The van der Waals surface area contributed by atoms with Crippen molar-refractivity contribution in [2.75, 3.05) is 13.1 Å². The van der Waals surface area contributed by atoms with Gasteiger partial charge < -0.3 is 9.84 Å². The van der Waals surface area contributed by atoms with E-state index in [1.54, 1.807) is 12.5 Å². The fraction of sp³-hybridized carbons (Fsp3) is 0.360. The highest BCUT2D eigenvalue weighted by molar-refractivity contribution is 5.94. The van der Waals surface area contributed by atoms with Gasteiger partial charge in [-0.3, -0.25) is 9.47 Å². The Morgan fingerprint density at radius 1 is 1.30 bits per heavy atom. The largest absolute Gasteiger partial charge is 0.457 e. The van der Waals surface area contributed by atoms with Crippen LogP contribution in [0.5, 0.6) is 0 Å². The zero-order chi connectivity index (χ0) is 23.1. The molecule has 5 rings (SSSR count). The molecule has 8 nitrogen and oxygen atoms in total. The first-order chi connectivity index (χ1) is 15.9. The zero-order valence-electron chi connectivity index (χ0n) is 18.7. The van der Waals surface area contributed by atoms with Gasteiger partial charge in [-0.2, -0.15) is 5.26 Å². The molecule has 0 unspecified atom stereocenters. The number of ether oxygens (including phenoxy) is 1. The second kappa shape index (κ2) is 8.43. The van der Waals surface area contributed by atoms with Crippen molar-refractivity contribution in [2.45, 2.75) is 45.4 Å². The lowest BCUT2D eigenvalue weighted by Gasteiger charge is -2.37. The summed E-state index contributed by atoms with van der Waals surface area (Å²) >= 11 is 0. The number of hydrogen-bond donors (Lipinski definition) is 1. The number of aliphatic hydroxyl groups is 1. The second-order valence-electron chi connectivity index (χ2n) is 8.82. The summed E-state index contributed by atoms with van der Waals surface area (Å²) < 4.78 is 7.05. The van der Waals surface area contributed by atoms with Crippen LogP contribution < -0.4 is 0 Å². The first-order valence-electron chi connectivity index (χ1n) is 11.0. The molecule has 2 atom stereocenters. The Kier molecular flexibility index (Phi) is 5.44. The first-order valence-corrected chi connectivity index (χ1v) is 11.0. The van der Waals surface area contributed by atoms with E-state index < -0.39 is 6.10 Å². The summed E-state index contributed by atoms with van der Waals surface area (Å²) in [7, 11) is 0. The van der Waals surface area contributed by atoms with E-state index in [4.69, 9.17) is 10.00 Å². The van der Waals surface area contributed by atoms with Crippen molar-refractivity contribution in [3.05, 3.63) is 76.0 Å². The Hall–Kier alpha value is -3.54. The van der Waals surface area contributed by atoms with E-state index >= 15 is 0 Å². The second-order valence-corrected chi connectivity index (χ2v) is 8.82. The number of esters is 1. The SMILES string of the molecule is Cc1cc(-n2cnc(CN3CC[C@@H](O)[C@H](c4ccc5c(c4C)COC5=O)C3)c2)ncc1C#N. The predicted octanol–water partition coefficient (Wildman–Crippen LogP) is 2.78. The molecule has 0 aliphatic carbocycles. The Labute approximate surface area is 192 Å². The van der Waals surface area contributed by atoms with Crippen molar-refractivity contribution in [3.8, 4) is 11.9 Å². The molecule has 2 aliphatic rings. The number of likely N-dealkylation sites (tertiary alicyclic amines) is 1. The molecule has 0 spiro atoms. The van der Waals surface area contributed by atoms with Gasteiger partial charge >= 0.3 is 5.97 Å². The number of carbonyl (C=O) groups is 1. The minimum atomic E-state index is -0.431. The van der Waals surface area contributed by atoms with Crippen molar-refractivity contribution < 1.29 is 14.6 Å². The number of aliphatic hydroxyl groups excluding tert-OH is 1. The minimum Gasteiger partial charge on any atom is -0.457 e. The molecule has 0 bridgehead atoms. The molecular weight excluding hydrogens is 418 g/mol. The number of nitriles is 1. The molecule has 2 aliphatic heterocycles. The van der Waals surface area contributed by atoms with Crippen LogP contribution in [-0.2, 0) is 17.9 Å². The Bertz CT molecular complexity index is 1280. The van der Waals surface area contributed by atoms with Gasteiger partial charge in [-0.25, -0.2) is 14.8 Å². The van der Waals surface area contributed by atoms with E-state index in [0.717, 1.165) is 40.3 Å². The summed E-state index contributed by atoms with van der Waals surface area (Å²) in [5.74, 6) is 0.417. The normalized spacial score (nSPS) is 20.4. The van der Waals surface area contributed by atoms with Crippen molar-refractivity contribution in [3.63, 3.8) is 0 Å². The standard InChI is InChI=1S/C25H25N5O3/c1-15-7-24(27-9-17(15)8-26)30-11-18(28-14-30)10-29-6-5-23(31)21(12-29)19-3-4-20-22(16(19)2)13-33-25(20)32/h3-4,7,9,11,14,21,23,31H,5-6,10,12-13H2,1-2H3/t21-,23+/m0/s1. The van der Waals surface area contributed by atoms with Crippen molar-refractivity contribution in [1.82, 2.24) is 19.4 Å². The number of nitrogens with zero attached hydrogens (tertiary/aromatic N) is 5. The van der Waals surface area contributed by atoms with Crippen molar-refractivity contribution >= 4 is 5.97 Å². The van der Waals surface area contributed by atoms with Gasteiger partial charge in [0.05, 0.1) is 22.9 Å². The maximum absolute atomic E-state index is 11.9. The van der Waals surface area contributed by atoms with Gasteiger partial charge in [0.1, 0.15) is 24.8 Å². The topological polar surface area (TPSA) is 104 Å². The minimum absolute atomic E-state index is 0.0373. The van der Waals surface area contributed by atoms with E-state index in [-0.39, 0.29) is 11.9 Å². The molecule has 33 heavy (non-hydrogen) atoms. The number of cyclic esters (lactones) is 1. The van der Waals surface area contributed by atoms with Crippen LogP contribution >= 0.6 is 0 Å². The van der Waals surface area contributed by atoms with Gasteiger partial charge in [-0.15, -0.1) is 0 Å². The van der Waals surface area contributed by atoms with E-state index in [0.29, 0.717) is 37.2 Å². The number of hydrogen-bond acceptors (Lipinski definition) is 7. The van der Waals surface area contributed by atoms with Crippen LogP contribution in [0.25, 0.3) is 5.82 Å². The third-order valence-corrected chi connectivity index (χ3v) is 6.77. The molecule has 168 valence electrons. The van der Waals surface area contributed by atoms with Crippen LogP contribution in [0.4, 0.5) is 0 Å². The van der Waals surface area contributed by atoms with Crippen LogP contribution in [0, 0.1) is 25.2 Å². The van der Waals surface area contributed by atoms with Gasteiger partial charge in [0.25, 0.3) is 0 Å². The third-order valence-electron chi connectivity index (χ3n) is 6.77. The number of fused-ring (bicyclic) bond motifs is 1.